The molecule has 0 aliphatic rings. The van der Waals surface area contributed by atoms with Crippen molar-refractivity contribution in [2.75, 3.05) is 0 Å². The minimum absolute atomic E-state index is 0.279. The van der Waals surface area contributed by atoms with E-state index < -0.39 is 0 Å². The van der Waals surface area contributed by atoms with E-state index in [-0.39, 0.29) is 12.7 Å². The van der Waals surface area contributed by atoms with E-state index in [0.29, 0.717) is 4.32 Å². The summed E-state index contributed by atoms with van der Waals surface area (Å²) in [5, 5.41) is 0. The van der Waals surface area contributed by atoms with E-state index in [1.165, 1.54) is 4.57 Å². The van der Waals surface area contributed by atoms with Crippen LogP contribution in [0.15, 0.2) is 42.7 Å². The molecule has 0 bridgehead atoms. The molecule has 4 nitrogen and oxygen atoms in total. The van der Waals surface area contributed by atoms with Crippen LogP contribution in [-0.2, 0) is 18.4 Å². The van der Waals surface area contributed by atoms with Gasteiger partial charge in [0.15, 0.2) is 0 Å². The summed E-state index contributed by atoms with van der Waals surface area (Å²) in [6.45, 7) is 0.279. The Morgan fingerprint density at radius 3 is 2.59 bits per heavy atom. The number of carbonyl (C=O) groups excluding carboxylic acids is 1. The van der Waals surface area contributed by atoms with Gasteiger partial charge in [-0.25, -0.2) is 0 Å². The topological polar surface area (TPSA) is 36.2 Å². The molecule has 0 radical (unpaired) electrons. The summed E-state index contributed by atoms with van der Waals surface area (Å²) in [5.74, 6) is 0. The Morgan fingerprint density at radius 2 is 2.00 bits per heavy atom. The standard InChI is InChI=1S/C12H12N2O2Se/c1-13-7-8-14(11(13)17)12(15)16-9-10-5-3-2-4-6-10/h2-8H,9H2,1H3. The van der Waals surface area contributed by atoms with Crippen LogP contribution in [0.25, 0.3) is 0 Å². The predicted octanol–water partition coefficient (Wildman–Crippen LogP) is 1.71. The summed E-state index contributed by atoms with van der Waals surface area (Å²) < 4.78 is 9.15. The molecular formula is C12H12N2O2Se. The van der Waals surface area contributed by atoms with Gasteiger partial charge in [0.25, 0.3) is 0 Å². The molecule has 0 aliphatic carbocycles. The number of benzene rings is 1. The van der Waals surface area contributed by atoms with Crippen LogP contribution in [-0.4, -0.2) is 30.8 Å². The number of carbonyl (C=O) groups is 1. The molecule has 1 aromatic heterocycles. The second-order valence-electron chi connectivity index (χ2n) is 3.60. The predicted molar refractivity (Wildman–Crippen MR) is 64.4 cm³/mol. The molecule has 0 aliphatic heterocycles. The Morgan fingerprint density at radius 1 is 1.29 bits per heavy atom. The quantitative estimate of drug-likeness (QED) is 0.791. The average Bonchev–Trinajstić information content (AvgIpc) is 2.69. The van der Waals surface area contributed by atoms with Crippen molar-refractivity contribution in [1.82, 2.24) is 9.13 Å². The molecule has 0 amide bonds. The fraction of sp³-hybridized carbons (Fsp3) is 0.167. The van der Waals surface area contributed by atoms with Crippen LogP contribution in [0.5, 0.6) is 0 Å². The van der Waals surface area contributed by atoms with Gasteiger partial charge in [0, 0.05) is 0 Å². The van der Waals surface area contributed by atoms with E-state index in [1.54, 1.807) is 12.4 Å². The van der Waals surface area contributed by atoms with Crippen molar-refractivity contribution in [3.05, 3.63) is 52.6 Å². The molecule has 0 saturated carbocycles. The number of rotatable bonds is 2. The second kappa shape index (κ2) is 5.17. The molecule has 0 N–H and O–H groups in total. The fourth-order valence-corrected chi connectivity index (χ4v) is 1.80. The molecule has 88 valence electrons. The van der Waals surface area contributed by atoms with Crippen molar-refractivity contribution < 1.29 is 9.53 Å². The monoisotopic (exact) mass is 296 g/mol. The van der Waals surface area contributed by atoms with E-state index in [4.69, 9.17) is 4.74 Å². The minimum atomic E-state index is -0.386. The van der Waals surface area contributed by atoms with E-state index >= 15 is 0 Å². The van der Waals surface area contributed by atoms with E-state index in [0.717, 1.165) is 5.56 Å². The van der Waals surface area contributed by atoms with Gasteiger partial charge in [0.1, 0.15) is 0 Å². The Balaban J connectivity index is 2.04. The van der Waals surface area contributed by atoms with Crippen LogP contribution in [0.2, 0.25) is 0 Å². The molecule has 0 unspecified atom stereocenters. The zero-order valence-electron chi connectivity index (χ0n) is 9.37. The molecule has 0 fully saturated rings. The SMILES string of the molecule is Cn1ccn(C(=O)OCc2ccccc2)c1=[Se]. The van der Waals surface area contributed by atoms with Crippen LogP contribution in [0.4, 0.5) is 4.79 Å². The van der Waals surface area contributed by atoms with E-state index in [1.807, 2.05) is 41.9 Å². The molecule has 0 spiro atoms. The average molecular weight is 295 g/mol. The number of ether oxygens (including phenoxy) is 1. The maximum atomic E-state index is 11.8. The number of hydrogen-bond donors (Lipinski definition) is 0. The number of aryl methyl sites for hydroxylation is 1. The van der Waals surface area contributed by atoms with Gasteiger partial charge in [0.05, 0.1) is 0 Å². The molecular weight excluding hydrogens is 283 g/mol. The first-order chi connectivity index (χ1) is 8.18. The van der Waals surface area contributed by atoms with Gasteiger partial charge in [-0.2, -0.15) is 0 Å². The summed E-state index contributed by atoms with van der Waals surface area (Å²) in [6, 6.07) is 9.59. The molecule has 2 aromatic rings. The number of imidazole rings is 1. The number of aromatic nitrogens is 2. The zero-order chi connectivity index (χ0) is 12.3. The molecule has 2 rings (SSSR count). The Bertz CT molecular complexity index is 572. The molecule has 17 heavy (non-hydrogen) atoms. The Labute approximate surface area is 107 Å². The molecule has 1 heterocycles. The normalized spacial score (nSPS) is 10.2. The summed E-state index contributed by atoms with van der Waals surface area (Å²) in [5.41, 5.74) is 0.971. The third-order valence-electron chi connectivity index (χ3n) is 2.35. The van der Waals surface area contributed by atoms with Crippen LogP contribution in [0.1, 0.15) is 5.56 Å². The van der Waals surface area contributed by atoms with Crippen molar-refractivity contribution in [2.24, 2.45) is 7.05 Å². The van der Waals surface area contributed by atoms with Crippen LogP contribution >= 0.6 is 0 Å². The third kappa shape index (κ3) is 2.75. The van der Waals surface area contributed by atoms with E-state index in [2.05, 4.69) is 15.6 Å². The first kappa shape index (κ1) is 11.9. The first-order valence-electron chi connectivity index (χ1n) is 5.13. The van der Waals surface area contributed by atoms with Gasteiger partial charge in [-0.15, -0.1) is 0 Å². The van der Waals surface area contributed by atoms with Gasteiger partial charge in [0.2, 0.25) is 0 Å². The number of hydrogen-bond acceptors (Lipinski definition) is 2. The van der Waals surface area contributed by atoms with Crippen LogP contribution in [0.3, 0.4) is 0 Å². The van der Waals surface area contributed by atoms with Crippen molar-refractivity contribution in [3.63, 3.8) is 0 Å². The molecule has 0 saturated heterocycles. The molecule has 5 heteroatoms. The Hall–Kier alpha value is -1.58. The van der Waals surface area contributed by atoms with Crippen LogP contribution in [0, 0.1) is 4.32 Å². The van der Waals surface area contributed by atoms with Crippen molar-refractivity contribution in [2.45, 2.75) is 6.61 Å². The van der Waals surface area contributed by atoms with E-state index in [9.17, 15) is 4.79 Å². The van der Waals surface area contributed by atoms with Crippen molar-refractivity contribution >= 4 is 21.7 Å². The van der Waals surface area contributed by atoms with Crippen LogP contribution < -0.4 is 0 Å². The van der Waals surface area contributed by atoms with Gasteiger partial charge in [-0.1, -0.05) is 0 Å². The summed E-state index contributed by atoms with van der Waals surface area (Å²) in [4.78, 5) is 11.8. The number of nitrogens with zero attached hydrogens (tertiary/aromatic N) is 2. The van der Waals surface area contributed by atoms with Crippen molar-refractivity contribution in [3.8, 4) is 0 Å². The first-order valence-corrected chi connectivity index (χ1v) is 5.99. The molecule has 1 aromatic carbocycles. The summed E-state index contributed by atoms with van der Waals surface area (Å²) in [7, 11) is 1.85. The van der Waals surface area contributed by atoms with Crippen molar-refractivity contribution in [1.29, 1.82) is 0 Å². The third-order valence-corrected chi connectivity index (χ3v) is 3.37. The van der Waals surface area contributed by atoms with Gasteiger partial charge in [-0.3, -0.25) is 0 Å². The molecule has 0 atom stereocenters. The summed E-state index contributed by atoms with van der Waals surface area (Å²) in [6.07, 6.45) is 3.07. The van der Waals surface area contributed by atoms with Gasteiger partial charge < -0.3 is 0 Å². The van der Waals surface area contributed by atoms with Gasteiger partial charge in [-0.05, 0) is 0 Å². The fourth-order valence-electron chi connectivity index (χ4n) is 1.39. The second-order valence-corrected chi connectivity index (χ2v) is 4.37. The maximum absolute atomic E-state index is 11.8. The summed E-state index contributed by atoms with van der Waals surface area (Å²) >= 11 is 2.82. The van der Waals surface area contributed by atoms with Gasteiger partial charge >= 0.3 is 107 Å². The Kier molecular flexibility index (Phi) is 3.61. The zero-order valence-corrected chi connectivity index (χ0v) is 11.1.